The van der Waals surface area contributed by atoms with Crippen molar-refractivity contribution in [2.24, 2.45) is 0 Å². The molecule has 1 aromatic heterocycles. The van der Waals surface area contributed by atoms with Crippen LogP contribution in [0.3, 0.4) is 0 Å². The molecule has 1 aliphatic rings. The molecule has 1 fully saturated rings. The van der Waals surface area contributed by atoms with Crippen LogP contribution < -0.4 is 15.5 Å². The molecule has 0 aliphatic carbocycles. The second-order valence-corrected chi connectivity index (χ2v) is 3.99. The third kappa shape index (κ3) is 3.34. The number of rotatable bonds is 2. The van der Waals surface area contributed by atoms with Gasteiger partial charge in [0.15, 0.2) is 5.69 Å². The fraction of sp³-hybridized carbons (Fsp3) is 0.417. The molecule has 0 radical (unpaired) electrons. The maximum absolute atomic E-state index is 11.5. The van der Waals surface area contributed by atoms with Gasteiger partial charge in [0.25, 0.3) is 5.91 Å². The molecule has 1 amide bonds. The average molecular weight is 282 g/mol. The molecule has 0 aromatic carbocycles. The third-order valence-electron chi connectivity index (χ3n) is 2.90. The number of pyridine rings is 1. The lowest BCUT2D eigenvalue weighted by atomic mass is 10.2. The Morgan fingerprint density at radius 3 is 2.74 bits per heavy atom. The molecule has 0 bridgehead atoms. The zero-order valence-electron chi connectivity index (χ0n) is 10.6. The van der Waals surface area contributed by atoms with Gasteiger partial charge in [-0.15, -0.1) is 12.4 Å². The quantitative estimate of drug-likeness (QED) is 0.806. The van der Waals surface area contributed by atoms with Crippen LogP contribution in [0.15, 0.2) is 12.1 Å². The van der Waals surface area contributed by atoms with E-state index in [-0.39, 0.29) is 24.0 Å². The summed E-state index contributed by atoms with van der Waals surface area (Å²) >= 11 is 0. The Hall–Kier alpha value is -1.84. The van der Waals surface area contributed by atoms with Crippen LogP contribution in [0.5, 0.6) is 0 Å². The summed E-state index contributed by atoms with van der Waals surface area (Å²) in [5, 5.41) is 14.9. The van der Waals surface area contributed by atoms with Crippen LogP contribution in [-0.4, -0.2) is 44.1 Å². The topological polar surface area (TPSA) is 81.0 Å². The van der Waals surface area contributed by atoms with Gasteiger partial charge in [-0.1, -0.05) is 0 Å². The molecule has 0 unspecified atom stereocenters. The van der Waals surface area contributed by atoms with E-state index in [0.717, 1.165) is 31.9 Å². The smallest absolute Gasteiger partial charge is 0.269 e. The minimum atomic E-state index is -0.279. The summed E-state index contributed by atoms with van der Waals surface area (Å²) in [4.78, 5) is 17.7. The number of nitrogens with one attached hydrogen (secondary N) is 2. The monoisotopic (exact) mass is 281 g/mol. The van der Waals surface area contributed by atoms with E-state index in [0.29, 0.717) is 5.69 Å². The van der Waals surface area contributed by atoms with Crippen molar-refractivity contribution >= 4 is 24.0 Å². The lowest BCUT2D eigenvalue weighted by molar-refractivity contribution is 0.0958. The van der Waals surface area contributed by atoms with Gasteiger partial charge in [0.05, 0.1) is 5.69 Å². The van der Waals surface area contributed by atoms with Gasteiger partial charge in [-0.2, -0.15) is 5.26 Å². The zero-order valence-corrected chi connectivity index (χ0v) is 11.5. The molecule has 1 aliphatic heterocycles. The number of hydrogen-bond donors (Lipinski definition) is 2. The first kappa shape index (κ1) is 15.2. The predicted octanol–water partition coefficient (Wildman–Crippen LogP) is 0.144. The molecule has 7 heteroatoms. The molecule has 0 atom stereocenters. The molecule has 1 aromatic rings. The van der Waals surface area contributed by atoms with Crippen LogP contribution in [-0.2, 0) is 0 Å². The Labute approximate surface area is 118 Å². The fourth-order valence-electron chi connectivity index (χ4n) is 1.95. The van der Waals surface area contributed by atoms with Gasteiger partial charge in [-0.05, 0) is 12.1 Å². The number of carbonyl (C=O) groups excluding carboxylic acids is 1. The molecule has 2 heterocycles. The predicted molar refractivity (Wildman–Crippen MR) is 74.7 cm³/mol. The minimum Gasteiger partial charge on any atom is -0.367 e. The molecule has 0 saturated carbocycles. The lowest BCUT2D eigenvalue weighted by Crippen LogP contribution is -2.44. The summed E-state index contributed by atoms with van der Waals surface area (Å²) in [7, 11) is 1.54. The van der Waals surface area contributed by atoms with Crippen LogP contribution in [0, 0.1) is 11.3 Å². The van der Waals surface area contributed by atoms with Crippen molar-refractivity contribution in [1.82, 2.24) is 15.6 Å². The number of halogens is 1. The molecular weight excluding hydrogens is 266 g/mol. The maximum Gasteiger partial charge on any atom is 0.269 e. The first-order valence-electron chi connectivity index (χ1n) is 5.85. The van der Waals surface area contributed by atoms with Gasteiger partial charge in [0.1, 0.15) is 11.8 Å². The molecule has 6 nitrogen and oxygen atoms in total. The highest BCUT2D eigenvalue weighted by molar-refractivity contribution is 5.92. The van der Waals surface area contributed by atoms with E-state index in [9.17, 15) is 4.79 Å². The summed E-state index contributed by atoms with van der Waals surface area (Å²) in [5.74, 6) is -0.279. The summed E-state index contributed by atoms with van der Waals surface area (Å²) < 4.78 is 0. The summed E-state index contributed by atoms with van der Waals surface area (Å²) in [6.07, 6.45) is 0. The fourth-order valence-corrected chi connectivity index (χ4v) is 1.95. The van der Waals surface area contributed by atoms with Gasteiger partial charge in [0, 0.05) is 33.2 Å². The van der Waals surface area contributed by atoms with Crippen molar-refractivity contribution < 1.29 is 4.79 Å². The molecule has 2 N–H and O–H groups in total. The van der Waals surface area contributed by atoms with Crippen LogP contribution in [0.4, 0.5) is 5.69 Å². The van der Waals surface area contributed by atoms with Crippen LogP contribution >= 0.6 is 12.4 Å². The number of amides is 1. The normalized spacial score (nSPS) is 14.2. The van der Waals surface area contributed by atoms with Crippen molar-refractivity contribution in [2.75, 3.05) is 38.1 Å². The second-order valence-electron chi connectivity index (χ2n) is 3.99. The van der Waals surface area contributed by atoms with Gasteiger partial charge in [0.2, 0.25) is 0 Å². The van der Waals surface area contributed by atoms with Crippen LogP contribution in [0.2, 0.25) is 0 Å². The van der Waals surface area contributed by atoms with E-state index < -0.39 is 0 Å². The number of nitriles is 1. The van der Waals surface area contributed by atoms with Crippen LogP contribution in [0.1, 0.15) is 16.2 Å². The van der Waals surface area contributed by atoms with Crippen molar-refractivity contribution in [2.45, 2.75) is 0 Å². The van der Waals surface area contributed by atoms with E-state index in [1.807, 2.05) is 0 Å². The Morgan fingerprint density at radius 2 is 2.16 bits per heavy atom. The standard InChI is InChI=1S/C12H15N5O.ClH/c1-14-12(18)9-2-3-11(10(8-13)16-9)17-6-4-15-5-7-17;/h2-3,15H,4-7H2,1H3,(H,14,18);1H. The van der Waals surface area contributed by atoms with Gasteiger partial charge in [-0.25, -0.2) is 4.98 Å². The Morgan fingerprint density at radius 1 is 1.47 bits per heavy atom. The van der Waals surface area contributed by atoms with Gasteiger partial charge >= 0.3 is 0 Å². The number of carbonyl (C=O) groups is 1. The lowest BCUT2D eigenvalue weighted by Gasteiger charge is -2.29. The SMILES string of the molecule is CNC(=O)c1ccc(N2CCNCC2)c(C#N)n1.Cl. The Balaban J connectivity index is 0.00000180. The molecule has 1 saturated heterocycles. The highest BCUT2D eigenvalue weighted by atomic mass is 35.5. The van der Waals surface area contributed by atoms with Gasteiger partial charge < -0.3 is 15.5 Å². The van der Waals surface area contributed by atoms with Crippen molar-refractivity contribution in [1.29, 1.82) is 5.26 Å². The Bertz CT molecular complexity index is 493. The molecule has 2 rings (SSSR count). The number of hydrogen-bond acceptors (Lipinski definition) is 5. The summed E-state index contributed by atoms with van der Waals surface area (Å²) in [6.45, 7) is 3.47. The average Bonchev–Trinajstić information content (AvgIpc) is 2.46. The van der Waals surface area contributed by atoms with E-state index in [1.54, 1.807) is 19.2 Å². The molecular formula is C12H16ClN5O. The van der Waals surface area contributed by atoms with Crippen molar-refractivity contribution in [3.8, 4) is 6.07 Å². The Kier molecular flexibility index (Phi) is 5.55. The van der Waals surface area contributed by atoms with E-state index in [2.05, 4.69) is 26.6 Å². The zero-order chi connectivity index (χ0) is 13.0. The number of piperazine rings is 1. The minimum absolute atomic E-state index is 0. The summed E-state index contributed by atoms with van der Waals surface area (Å²) in [6, 6.07) is 5.50. The highest BCUT2D eigenvalue weighted by Gasteiger charge is 2.17. The first-order valence-corrected chi connectivity index (χ1v) is 5.85. The number of anilines is 1. The van der Waals surface area contributed by atoms with Crippen molar-refractivity contribution in [3.05, 3.63) is 23.5 Å². The number of aromatic nitrogens is 1. The molecule has 19 heavy (non-hydrogen) atoms. The van der Waals surface area contributed by atoms with Crippen LogP contribution in [0.25, 0.3) is 0 Å². The first-order chi connectivity index (χ1) is 8.76. The highest BCUT2D eigenvalue weighted by Crippen LogP contribution is 2.19. The summed E-state index contributed by atoms with van der Waals surface area (Å²) in [5.41, 5.74) is 1.37. The van der Waals surface area contributed by atoms with E-state index in [1.165, 1.54) is 0 Å². The largest absolute Gasteiger partial charge is 0.367 e. The number of nitrogens with zero attached hydrogens (tertiary/aromatic N) is 3. The molecule has 102 valence electrons. The van der Waals surface area contributed by atoms with E-state index >= 15 is 0 Å². The maximum atomic E-state index is 11.5. The molecule has 0 spiro atoms. The third-order valence-corrected chi connectivity index (χ3v) is 2.90. The van der Waals surface area contributed by atoms with Crippen molar-refractivity contribution in [3.63, 3.8) is 0 Å². The van der Waals surface area contributed by atoms with Gasteiger partial charge in [-0.3, -0.25) is 4.79 Å². The van der Waals surface area contributed by atoms with E-state index in [4.69, 9.17) is 5.26 Å². The second kappa shape index (κ2) is 6.92.